The van der Waals surface area contributed by atoms with Gasteiger partial charge < -0.3 is 0 Å². The Morgan fingerprint density at radius 3 is 2.00 bits per heavy atom. The summed E-state index contributed by atoms with van der Waals surface area (Å²) in [4.78, 5) is 10.6. The molecule has 0 aliphatic heterocycles. The summed E-state index contributed by atoms with van der Waals surface area (Å²) in [7, 11) is 0. The third-order valence-corrected chi connectivity index (χ3v) is 2.31. The van der Waals surface area contributed by atoms with Crippen molar-refractivity contribution in [1.29, 1.82) is 0 Å². The van der Waals surface area contributed by atoms with Crippen LogP contribution in [0.4, 0.5) is 22.0 Å². The Morgan fingerprint density at radius 1 is 1.12 bits per heavy atom. The minimum atomic E-state index is -4.44. The highest BCUT2D eigenvalue weighted by atomic mass is 32.2. The first-order valence-electron chi connectivity index (χ1n) is 3.98. The van der Waals surface area contributed by atoms with Crippen LogP contribution in [0.5, 0.6) is 0 Å². The van der Waals surface area contributed by atoms with Crippen LogP contribution < -0.4 is 0 Å². The van der Waals surface area contributed by atoms with Crippen molar-refractivity contribution in [2.45, 2.75) is 16.8 Å². The molecule has 7 heteroatoms. The molecule has 0 saturated heterocycles. The number of thioether (sulfide) groups is 1. The fraction of sp³-hybridized carbons (Fsp3) is 0.222. The fourth-order valence-corrected chi connectivity index (χ4v) is 1.49. The molecule has 0 fully saturated rings. The van der Waals surface area contributed by atoms with Crippen molar-refractivity contribution < 1.29 is 26.7 Å². The molecule has 88 valence electrons. The van der Waals surface area contributed by atoms with E-state index in [1.165, 1.54) is 0 Å². The van der Waals surface area contributed by atoms with Crippen molar-refractivity contribution in [3.05, 3.63) is 29.8 Å². The summed E-state index contributed by atoms with van der Waals surface area (Å²) in [6.07, 6.45) is -3.15. The Bertz CT molecular complexity index is 370. The van der Waals surface area contributed by atoms with E-state index >= 15 is 0 Å². The summed E-state index contributed by atoms with van der Waals surface area (Å²) in [5, 5.41) is 0. The predicted octanol–water partition coefficient (Wildman–Crippen LogP) is 3.75. The van der Waals surface area contributed by atoms with Crippen LogP contribution in [-0.2, 0) is 0 Å². The average Bonchev–Trinajstić information content (AvgIpc) is 2.15. The molecule has 1 aromatic carbocycles. The molecule has 0 N–H and O–H groups in total. The number of hydrogen-bond acceptors (Lipinski definition) is 2. The minimum absolute atomic E-state index is 0.154. The molecule has 0 aliphatic rings. The smallest absolute Gasteiger partial charge is 0.288 e. The second kappa shape index (κ2) is 4.82. The molecular formula is C9H5F5OS. The summed E-state index contributed by atoms with van der Waals surface area (Å²) >= 11 is -0.369. The number of benzene rings is 1. The Labute approximate surface area is 91.6 Å². The van der Waals surface area contributed by atoms with Crippen LogP contribution in [0.2, 0.25) is 0 Å². The summed E-state index contributed by atoms with van der Waals surface area (Å²) in [6, 6.07) is 3.85. The zero-order valence-corrected chi connectivity index (χ0v) is 8.41. The van der Waals surface area contributed by atoms with Crippen LogP contribution in [0.1, 0.15) is 10.4 Å². The van der Waals surface area contributed by atoms with E-state index in [4.69, 9.17) is 0 Å². The molecule has 0 heterocycles. The number of rotatable bonds is 3. The van der Waals surface area contributed by atoms with Gasteiger partial charge in [0.05, 0.1) is 0 Å². The molecule has 0 atom stereocenters. The normalized spacial score (nSPS) is 11.9. The van der Waals surface area contributed by atoms with Crippen LogP contribution in [0, 0.1) is 0 Å². The number of Topliss-reactive ketones (excluding diaryl/α,β-unsaturated/α-hetero) is 1. The highest BCUT2D eigenvalue weighted by Gasteiger charge is 2.29. The number of carbonyl (C=O) groups is 1. The van der Waals surface area contributed by atoms with E-state index in [0.29, 0.717) is 0 Å². The van der Waals surface area contributed by atoms with Crippen molar-refractivity contribution in [1.82, 2.24) is 0 Å². The highest BCUT2D eigenvalue weighted by molar-refractivity contribution is 8.00. The Hall–Kier alpha value is -1.11. The van der Waals surface area contributed by atoms with E-state index in [1.54, 1.807) is 0 Å². The van der Waals surface area contributed by atoms with E-state index in [0.717, 1.165) is 24.3 Å². The number of carbonyl (C=O) groups excluding carboxylic acids is 1. The largest absolute Gasteiger partial charge is 0.446 e. The van der Waals surface area contributed by atoms with Crippen LogP contribution in [0.15, 0.2) is 29.2 Å². The number of alkyl halides is 5. The highest BCUT2D eigenvalue weighted by Crippen LogP contribution is 2.36. The SMILES string of the molecule is O=C(c1ccc(SC(F)(F)F)cc1)C(F)F. The maximum absolute atomic E-state index is 12.0. The standard InChI is InChI=1S/C9H5F5OS/c10-8(11)7(15)5-1-3-6(4-2-5)16-9(12,13)14/h1-4,8H. The fourth-order valence-electron chi connectivity index (χ4n) is 0.947. The molecule has 0 aromatic heterocycles. The zero-order chi connectivity index (χ0) is 12.3. The lowest BCUT2D eigenvalue weighted by atomic mass is 10.1. The third-order valence-electron chi connectivity index (χ3n) is 1.57. The molecule has 0 unspecified atom stereocenters. The Balaban J connectivity index is 2.80. The summed E-state index contributed by atoms with van der Waals surface area (Å²) in [6.45, 7) is 0. The molecule has 0 bridgehead atoms. The number of ketones is 1. The molecule has 0 aliphatic carbocycles. The molecule has 16 heavy (non-hydrogen) atoms. The topological polar surface area (TPSA) is 17.1 Å². The first-order valence-corrected chi connectivity index (χ1v) is 4.79. The lowest BCUT2D eigenvalue weighted by Crippen LogP contribution is -2.09. The van der Waals surface area contributed by atoms with E-state index in [1.807, 2.05) is 0 Å². The number of hydrogen-bond donors (Lipinski definition) is 0. The van der Waals surface area contributed by atoms with Gasteiger partial charge in [0.1, 0.15) is 0 Å². The first kappa shape index (κ1) is 13.0. The second-order valence-electron chi connectivity index (χ2n) is 2.74. The molecule has 0 spiro atoms. The molecule has 0 saturated carbocycles. The van der Waals surface area contributed by atoms with E-state index in [9.17, 15) is 26.7 Å². The molecular weight excluding hydrogens is 251 g/mol. The van der Waals surface area contributed by atoms with Crippen molar-refractivity contribution >= 4 is 17.5 Å². The molecule has 1 rings (SSSR count). The maximum Gasteiger partial charge on any atom is 0.446 e. The van der Waals surface area contributed by atoms with Gasteiger partial charge in [0.2, 0.25) is 5.78 Å². The van der Waals surface area contributed by atoms with Gasteiger partial charge >= 0.3 is 11.9 Å². The molecule has 1 aromatic rings. The lowest BCUT2D eigenvalue weighted by Gasteiger charge is -2.05. The predicted molar refractivity (Wildman–Crippen MR) is 48.7 cm³/mol. The van der Waals surface area contributed by atoms with Gasteiger partial charge in [-0.1, -0.05) is 12.1 Å². The molecule has 1 nitrogen and oxygen atoms in total. The molecule has 0 amide bonds. The van der Waals surface area contributed by atoms with E-state index < -0.39 is 17.7 Å². The third kappa shape index (κ3) is 3.80. The van der Waals surface area contributed by atoms with Gasteiger partial charge in [0.25, 0.3) is 0 Å². The molecule has 0 radical (unpaired) electrons. The van der Waals surface area contributed by atoms with Gasteiger partial charge in [0, 0.05) is 10.5 Å². The van der Waals surface area contributed by atoms with Crippen LogP contribution in [0.25, 0.3) is 0 Å². The monoisotopic (exact) mass is 256 g/mol. The van der Waals surface area contributed by atoms with E-state index in [-0.39, 0.29) is 22.2 Å². The van der Waals surface area contributed by atoms with Crippen molar-refractivity contribution in [3.8, 4) is 0 Å². The summed E-state index contributed by atoms with van der Waals surface area (Å²) in [5.74, 6) is -1.40. The van der Waals surface area contributed by atoms with Crippen molar-refractivity contribution in [3.63, 3.8) is 0 Å². The van der Waals surface area contributed by atoms with Crippen LogP contribution in [-0.4, -0.2) is 17.7 Å². The van der Waals surface area contributed by atoms with Gasteiger partial charge in [-0.05, 0) is 23.9 Å². The van der Waals surface area contributed by atoms with Gasteiger partial charge in [-0.2, -0.15) is 13.2 Å². The number of halogens is 5. The zero-order valence-electron chi connectivity index (χ0n) is 7.59. The van der Waals surface area contributed by atoms with Gasteiger partial charge in [0.15, 0.2) is 0 Å². The van der Waals surface area contributed by atoms with Crippen LogP contribution in [0.3, 0.4) is 0 Å². The Morgan fingerprint density at radius 2 is 1.62 bits per heavy atom. The van der Waals surface area contributed by atoms with Gasteiger partial charge in [-0.25, -0.2) is 8.78 Å². The van der Waals surface area contributed by atoms with Gasteiger partial charge in [-0.15, -0.1) is 0 Å². The minimum Gasteiger partial charge on any atom is -0.288 e. The first-order chi connectivity index (χ1) is 7.29. The van der Waals surface area contributed by atoms with Gasteiger partial charge in [-0.3, -0.25) is 4.79 Å². The van der Waals surface area contributed by atoms with Crippen molar-refractivity contribution in [2.75, 3.05) is 0 Å². The lowest BCUT2D eigenvalue weighted by molar-refractivity contribution is -0.0328. The second-order valence-corrected chi connectivity index (χ2v) is 3.88. The maximum atomic E-state index is 12.0. The summed E-state index contributed by atoms with van der Waals surface area (Å²) < 4.78 is 59.6. The quantitative estimate of drug-likeness (QED) is 0.465. The summed E-state index contributed by atoms with van der Waals surface area (Å²) in [5.41, 5.74) is -4.74. The van der Waals surface area contributed by atoms with E-state index in [2.05, 4.69) is 0 Å². The average molecular weight is 256 g/mol. The van der Waals surface area contributed by atoms with Crippen molar-refractivity contribution in [2.24, 2.45) is 0 Å². The van der Waals surface area contributed by atoms with Crippen LogP contribution >= 0.6 is 11.8 Å². The Kier molecular flexibility index (Phi) is 3.90.